The van der Waals surface area contributed by atoms with Crippen molar-refractivity contribution in [3.05, 3.63) is 53.3 Å². The molecule has 0 spiro atoms. The molecule has 3 aromatic rings. The Morgan fingerprint density at radius 1 is 1.24 bits per heavy atom. The van der Waals surface area contributed by atoms with Crippen LogP contribution in [0.4, 0.5) is 10.1 Å². The number of rotatable bonds is 3. The number of halogens is 1. The second kappa shape index (κ2) is 9.27. The number of aromatic nitrogens is 3. The lowest BCUT2D eigenvalue weighted by Gasteiger charge is -2.39. The number of aryl methyl sites for hydroxylation is 3. The lowest BCUT2D eigenvalue weighted by atomic mass is 9.93. The number of carbonyl (C=O) groups excluding carboxylic acids is 2. The van der Waals surface area contributed by atoms with Gasteiger partial charge >= 0.3 is 11.8 Å². The Morgan fingerprint density at radius 2 is 2.03 bits per heavy atom. The first-order valence-electron chi connectivity index (χ1n) is 11.5. The van der Waals surface area contributed by atoms with Crippen LogP contribution in [0.3, 0.4) is 0 Å². The first-order chi connectivity index (χ1) is 17.5. The first kappa shape index (κ1) is 24.9. The molecular formula is C23H25FN6O6S. The molecule has 196 valence electrons. The lowest BCUT2D eigenvalue weighted by Crippen LogP contribution is -2.54. The molecule has 1 fully saturated rings. The van der Waals surface area contributed by atoms with Crippen LogP contribution in [0.15, 0.2) is 33.7 Å². The van der Waals surface area contributed by atoms with Crippen LogP contribution in [-0.4, -0.2) is 65.6 Å². The Hall–Kier alpha value is -3.78. The number of benzene rings is 1. The summed E-state index contributed by atoms with van der Waals surface area (Å²) in [5.74, 6) is -1.84. The van der Waals surface area contributed by atoms with E-state index < -0.39 is 39.6 Å². The molecule has 14 heteroatoms. The number of carbonyl (C=O) groups is 2. The number of piperidine rings is 1. The van der Waals surface area contributed by atoms with Gasteiger partial charge in [-0.2, -0.15) is 0 Å². The highest BCUT2D eigenvalue weighted by Gasteiger charge is 2.40. The SMILES string of the molecule is Cc1nnc(C(=O)N2CC[C@@H]3NS(=O)(=O)c4cn(C)c(C(=O)Nc5ccc(F)c(C)c5)c4OC[C@H]3C2)o1. The third-order valence-electron chi connectivity index (χ3n) is 6.50. The minimum atomic E-state index is -4.05. The number of fused-ring (bicyclic) bond motifs is 2. The Balaban J connectivity index is 1.41. The van der Waals surface area contributed by atoms with Crippen molar-refractivity contribution in [2.75, 3.05) is 25.0 Å². The highest BCUT2D eigenvalue weighted by atomic mass is 32.2. The predicted molar refractivity (Wildman–Crippen MR) is 127 cm³/mol. The summed E-state index contributed by atoms with van der Waals surface area (Å²) < 4.78 is 55.5. The largest absolute Gasteiger partial charge is 0.489 e. The Morgan fingerprint density at radius 3 is 2.73 bits per heavy atom. The third kappa shape index (κ3) is 4.69. The topological polar surface area (TPSA) is 149 Å². The minimum absolute atomic E-state index is 0.00844. The fourth-order valence-electron chi connectivity index (χ4n) is 4.59. The Labute approximate surface area is 211 Å². The maximum atomic E-state index is 13.6. The summed E-state index contributed by atoms with van der Waals surface area (Å²) in [4.78, 5) is 27.3. The monoisotopic (exact) mass is 532 g/mol. The van der Waals surface area contributed by atoms with Crippen molar-refractivity contribution in [1.29, 1.82) is 0 Å². The summed E-state index contributed by atoms with van der Waals surface area (Å²) in [7, 11) is -2.51. The molecule has 4 heterocycles. The summed E-state index contributed by atoms with van der Waals surface area (Å²) in [6.45, 7) is 3.67. The van der Waals surface area contributed by atoms with Crippen LogP contribution in [0.1, 0.15) is 39.0 Å². The standard InChI is InChI=1S/C23H25FN6O6S/c1-12-8-15(4-5-16(12)24)25-21(31)19-20-18(10-29(19)3)37(33,34)28-17-6-7-30(9-14(17)11-35-20)23(32)22-27-26-13(2)36-22/h4-5,8,10,14,17,28H,6-7,9,11H2,1-3H3,(H,25,31)/t14-,17+/m1/s1. The van der Waals surface area contributed by atoms with Crippen LogP contribution in [0.2, 0.25) is 0 Å². The van der Waals surface area contributed by atoms with E-state index in [9.17, 15) is 22.4 Å². The van der Waals surface area contributed by atoms with E-state index in [1.54, 1.807) is 13.8 Å². The molecule has 0 aliphatic carbocycles. The van der Waals surface area contributed by atoms with Crippen molar-refractivity contribution in [2.45, 2.75) is 31.2 Å². The van der Waals surface area contributed by atoms with Crippen molar-refractivity contribution in [3.8, 4) is 5.75 Å². The van der Waals surface area contributed by atoms with Crippen LogP contribution in [0.5, 0.6) is 5.75 Å². The van der Waals surface area contributed by atoms with Gasteiger partial charge in [0.2, 0.25) is 15.9 Å². The second-order valence-corrected chi connectivity index (χ2v) is 10.8. The average molecular weight is 533 g/mol. The van der Waals surface area contributed by atoms with Gasteiger partial charge in [0.25, 0.3) is 5.91 Å². The van der Waals surface area contributed by atoms with Gasteiger partial charge in [0.05, 0.1) is 6.61 Å². The molecule has 5 rings (SSSR count). The third-order valence-corrected chi connectivity index (χ3v) is 7.98. The number of anilines is 1. The van der Waals surface area contributed by atoms with E-state index in [1.165, 1.54) is 40.9 Å². The predicted octanol–water partition coefficient (Wildman–Crippen LogP) is 1.62. The van der Waals surface area contributed by atoms with Crippen molar-refractivity contribution in [3.63, 3.8) is 0 Å². The van der Waals surface area contributed by atoms with Gasteiger partial charge in [-0.25, -0.2) is 17.5 Å². The number of nitrogens with zero attached hydrogens (tertiary/aromatic N) is 4. The van der Waals surface area contributed by atoms with Gasteiger partial charge in [0, 0.05) is 50.9 Å². The summed E-state index contributed by atoms with van der Waals surface area (Å²) in [6.07, 6.45) is 1.67. The van der Waals surface area contributed by atoms with E-state index in [4.69, 9.17) is 9.15 Å². The normalized spacial score (nSPS) is 20.7. The Kier molecular flexibility index (Phi) is 6.23. The fraction of sp³-hybridized carbons (Fsp3) is 0.391. The van der Waals surface area contributed by atoms with E-state index in [2.05, 4.69) is 20.2 Å². The molecule has 0 bridgehead atoms. The highest BCUT2D eigenvalue weighted by molar-refractivity contribution is 7.89. The molecular weight excluding hydrogens is 507 g/mol. The van der Waals surface area contributed by atoms with Crippen molar-refractivity contribution in [2.24, 2.45) is 13.0 Å². The molecule has 0 saturated carbocycles. The average Bonchev–Trinajstić information content (AvgIpc) is 3.42. The number of ether oxygens (including phenoxy) is 1. The van der Waals surface area contributed by atoms with Crippen LogP contribution in [-0.2, 0) is 17.1 Å². The van der Waals surface area contributed by atoms with Crippen molar-refractivity contribution < 1.29 is 31.6 Å². The number of nitrogens with one attached hydrogen (secondary N) is 2. The molecule has 0 radical (unpaired) electrons. The summed E-state index contributed by atoms with van der Waals surface area (Å²) in [5, 5.41) is 10.1. The van der Waals surface area contributed by atoms with Crippen LogP contribution < -0.4 is 14.8 Å². The maximum absolute atomic E-state index is 13.6. The lowest BCUT2D eigenvalue weighted by molar-refractivity contribution is 0.0543. The molecule has 2 aliphatic heterocycles. The van der Waals surface area contributed by atoms with Crippen LogP contribution in [0, 0.1) is 25.6 Å². The van der Waals surface area contributed by atoms with Crippen molar-refractivity contribution in [1.82, 2.24) is 24.4 Å². The van der Waals surface area contributed by atoms with Gasteiger partial charge in [0.15, 0.2) is 11.4 Å². The molecule has 12 nitrogen and oxygen atoms in total. The number of likely N-dealkylation sites (tertiary alicyclic amines) is 1. The minimum Gasteiger partial charge on any atom is -0.489 e. The smallest absolute Gasteiger partial charge is 0.311 e. The number of hydrogen-bond donors (Lipinski definition) is 2. The molecule has 0 unspecified atom stereocenters. The maximum Gasteiger partial charge on any atom is 0.311 e. The van der Waals surface area contributed by atoms with Crippen LogP contribution >= 0.6 is 0 Å². The molecule has 2 aromatic heterocycles. The van der Waals surface area contributed by atoms with Gasteiger partial charge in [0.1, 0.15) is 10.7 Å². The number of amides is 2. The van der Waals surface area contributed by atoms with Crippen molar-refractivity contribution >= 4 is 27.5 Å². The van der Waals surface area contributed by atoms with Gasteiger partial charge < -0.3 is 23.9 Å². The van der Waals surface area contributed by atoms with Gasteiger partial charge in [-0.15, -0.1) is 10.2 Å². The summed E-state index contributed by atoms with van der Waals surface area (Å²) in [5.41, 5.74) is 0.690. The second-order valence-electron chi connectivity index (χ2n) is 9.17. The van der Waals surface area contributed by atoms with Crippen LogP contribution in [0.25, 0.3) is 0 Å². The van der Waals surface area contributed by atoms with E-state index >= 15 is 0 Å². The summed E-state index contributed by atoms with van der Waals surface area (Å²) in [6, 6.07) is 3.64. The quantitative estimate of drug-likeness (QED) is 0.517. The molecule has 2 atom stereocenters. The fourth-order valence-corrected chi connectivity index (χ4v) is 6.13. The van der Waals surface area contributed by atoms with Gasteiger partial charge in [-0.05, 0) is 37.1 Å². The van der Waals surface area contributed by atoms with E-state index in [-0.39, 0.29) is 47.8 Å². The van der Waals surface area contributed by atoms with Gasteiger partial charge in [-0.3, -0.25) is 9.59 Å². The molecule has 1 saturated heterocycles. The Bertz CT molecular complexity index is 1500. The molecule has 1 aromatic carbocycles. The molecule has 2 amide bonds. The highest BCUT2D eigenvalue weighted by Crippen LogP contribution is 2.35. The zero-order valence-electron chi connectivity index (χ0n) is 20.3. The molecule has 2 aliphatic rings. The zero-order chi connectivity index (χ0) is 26.5. The number of hydrogen-bond acceptors (Lipinski definition) is 8. The van der Waals surface area contributed by atoms with E-state index in [0.717, 1.165) is 0 Å². The molecule has 37 heavy (non-hydrogen) atoms. The van der Waals surface area contributed by atoms with E-state index in [0.29, 0.717) is 17.7 Å². The molecule has 2 N–H and O–H groups in total. The zero-order valence-corrected chi connectivity index (χ0v) is 21.1. The van der Waals surface area contributed by atoms with Gasteiger partial charge in [-0.1, -0.05) is 0 Å². The van der Waals surface area contributed by atoms with E-state index in [1.807, 2.05) is 0 Å². The number of sulfonamides is 1. The summed E-state index contributed by atoms with van der Waals surface area (Å²) >= 11 is 0. The first-order valence-corrected chi connectivity index (χ1v) is 13.0.